The highest BCUT2D eigenvalue weighted by Crippen LogP contribution is 2.27. The molecule has 0 aromatic heterocycles. The fourth-order valence-corrected chi connectivity index (χ4v) is 3.93. The normalized spacial score (nSPS) is 14.2. The molecular formula is C28H29N3O3. The highest BCUT2D eigenvalue weighted by Gasteiger charge is 2.21. The van der Waals surface area contributed by atoms with Crippen molar-refractivity contribution in [3.05, 3.63) is 90.0 Å². The van der Waals surface area contributed by atoms with Crippen molar-refractivity contribution >= 4 is 23.6 Å². The first-order valence-electron chi connectivity index (χ1n) is 11.3. The van der Waals surface area contributed by atoms with Crippen LogP contribution in [0, 0.1) is 0 Å². The van der Waals surface area contributed by atoms with Gasteiger partial charge in [0.25, 0.3) is 5.91 Å². The first-order chi connectivity index (χ1) is 16.5. The van der Waals surface area contributed by atoms with Crippen molar-refractivity contribution in [3.8, 4) is 16.9 Å². The molecule has 1 saturated heterocycles. The van der Waals surface area contributed by atoms with E-state index in [0.29, 0.717) is 30.1 Å². The Morgan fingerprint density at radius 3 is 2.35 bits per heavy atom. The highest BCUT2D eigenvalue weighted by atomic mass is 16.5. The molecule has 1 aliphatic rings. The topological polar surface area (TPSA) is 61.9 Å². The number of anilines is 1. The molecule has 6 heteroatoms. The second-order valence-corrected chi connectivity index (χ2v) is 8.32. The van der Waals surface area contributed by atoms with Gasteiger partial charge in [0, 0.05) is 37.8 Å². The molecule has 1 fully saturated rings. The summed E-state index contributed by atoms with van der Waals surface area (Å²) in [5, 5.41) is 2.85. The summed E-state index contributed by atoms with van der Waals surface area (Å²) in [6.07, 6.45) is 3.26. The summed E-state index contributed by atoms with van der Waals surface area (Å²) in [6, 6.07) is 23.2. The van der Waals surface area contributed by atoms with E-state index in [9.17, 15) is 9.59 Å². The third kappa shape index (κ3) is 5.71. The minimum atomic E-state index is -0.299. The molecule has 0 spiro atoms. The second kappa shape index (κ2) is 10.8. The number of methoxy groups -OCH3 is 1. The van der Waals surface area contributed by atoms with Crippen molar-refractivity contribution in [1.29, 1.82) is 0 Å². The van der Waals surface area contributed by atoms with E-state index < -0.39 is 0 Å². The van der Waals surface area contributed by atoms with E-state index in [1.165, 1.54) is 13.2 Å². The van der Waals surface area contributed by atoms with Crippen LogP contribution in [-0.2, 0) is 4.79 Å². The van der Waals surface area contributed by atoms with E-state index in [4.69, 9.17) is 4.74 Å². The van der Waals surface area contributed by atoms with Crippen molar-refractivity contribution in [3.63, 3.8) is 0 Å². The van der Waals surface area contributed by atoms with E-state index in [1.54, 1.807) is 24.3 Å². The number of rotatable bonds is 6. The lowest BCUT2D eigenvalue weighted by molar-refractivity contribution is -0.111. The van der Waals surface area contributed by atoms with Gasteiger partial charge in [0.05, 0.1) is 12.8 Å². The van der Waals surface area contributed by atoms with E-state index in [1.807, 2.05) is 54.4 Å². The van der Waals surface area contributed by atoms with Crippen molar-refractivity contribution < 1.29 is 14.3 Å². The van der Waals surface area contributed by atoms with Gasteiger partial charge in [0.2, 0.25) is 5.91 Å². The van der Waals surface area contributed by atoms with Gasteiger partial charge in [-0.05, 0) is 54.1 Å². The van der Waals surface area contributed by atoms with Crippen LogP contribution in [-0.4, -0.2) is 62.0 Å². The van der Waals surface area contributed by atoms with Crippen LogP contribution in [0.4, 0.5) is 5.69 Å². The molecule has 174 valence electrons. The fraction of sp³-hybridized carbons (Fsp3) is 0.214. The van der Waals surface area contributed by atoms with E-state index >= 15 is 0 Å². The predicted octanol–water partition coefficient (Wildman–Crippen LogP) is 4.40. The smallest absolute Gasteiger partial charge is 0.254 e. The summed E-state index contributed by atoms with van der Waals surface area (Å²) in [5.41, 5.74) is 4.12. The third-order valence-corrected chi connectivity index (χ3v) is 5.92. The van der Waals surface area contributed by atoms with Gasteiger partial charge >= 0.3 is 0 Å². The van der Waals surface area contributed by atoms with Crippen molar-refractivity contribution in [2.45, 2.75) is 0 Å². The number of likely N-dealkylation sites (N-methyl/N-ethyl adjacent to an activating group) is 1. The molecule has 0 saturated carbocycles. The molecule has 0 radical (unpaired) electrons. The molecule has 0 aliphatic carbocycles. The maximum atomic E-state index is 12.9. The molecule has 0 atom stereocenters. The van der Waals surface area contributed by atoms with Crippen LogP contribution < -0.4 is 10.1 Å². The Hall–Kier alpha value is -3.90. The van der Waals surface area contributed by atoms with E-state index in [-0.39, 0.29) is 11.8 Å². The van der Waals surface area contributed by atoms with Gasteiger partial charge < -0.3 is 19.9 Å². The molecule has 6 nitrogen and oxygen atoms in total. The van der Waals surface area contributed by atoms with Crippen LogP contribution >= 0.6 is 0 Å². The number of piperazine rings is 1. The zero-order valence-electron chi connectivity index (χ0n) is 19.5. The summed E-state index contributed by atoms with van der Waals surface area (Å²) in [5.74, 6) is 0.162. The van der Waals surface area contributed by atoms with E-state index in [0.717, 1.165) is 29.8 Å². The van der Waals surface area contributed by atoms with Crippen LogP contribution in [0.5, 0.6) is 5.75 Å². The Morgan fingerprint density at radius 2 is 1.62 bits per heavy atom. The molecule has 2 amide bonds. The van der Waals surface area contributed by atoms with Gasteiger partial charge in [-0.25, -0.2) is 0 Å². The van der Waals surface area contributed by atoms with Gasteiger partial charge in [0.1, 0.15) is 5.75 Å². The number of benzene rings is 3. The molecule has 1 heterocycles. The van der Waals surface area contributed by atoms with Crippen LogP contribution in [0.25, 0.3) is 17.2 Å². The summed E-state index contributed by atoms with van der Waals surface area (Å²) in [4.78, 5) is 29.7. The Bertz CT molecular complexity index is 1180. The number of hydrogen-bond acceptors (Lipinski definition) is 4. The number of carbonyl (C=O) groups is 2. The summed E-state index contributed by atoms with van der Waals surface area (Å²) >= 11 is 0. The Morgan fingerprint density at radius 1 is 0.882 bits per heavy atom. The lowest BCUT2D eigenvalue weighted by atomic mass is 10.0. The first kappa shape index (κ1) is 23.3. The maximum absolute atomic E-state index is 12.9. The van der Waals surface area contributed by atoms with Crippen LogP contribution in [0.3, 0.4) is 0 Å². The van der Waals surface area contributed by atoms with E-state index in [2.05, 4.69) is 22.3 Å². The van der Waals surface area contributed by atoms with Gasteiger partial charge in [-0.1, -0.05) is 48.5 Å². The number of hydrogen-bond donors (Lipinski definition) is 1. The Kier molecular flexibility index (Phi) is 7.40. The predicted molar refractivity (Wildman–Crippen MR) is 136 cm³/mol. The second-order valence-electron chi connectivity index (χ2n) is 8.32. The van der Waals surface area contributed by atoms with Gasteiger partial charge in [0.15, 0.2) is 0 Å². The Balaban J connectivity index is 1.46. The Labute approximate surface area is 200 Å². The summed E-state index contributed by atoms with van der Waals surface area (Å²) < 4.78 is 5.40. The molecule has 0 bridgehead atoms. The maximum Gasteiger partial charge on any atom is 0.254 e. The average molecular weight is 456 g/mol. The standard InChI is InChI=1S/C28H29N3O3/c1-30-15-17-31(18-16-30)28(33)24-12-13-26(34-2)25(20-24)29-27(32)14-11-21-7-6-10-23(19-21)22-8-4-3-5-9-22/h3-14,19-20H,15-18H2,1-2H3,(H,29,32)/b14-11+. The fourth-order valence-electron chi connectivity index (χ4n) is 3.93. The monoisotopic (exact) mass is 455 g/mol. The number of ether oxygens (including phenoxy) is 1. The number of nitrogens with zero attached hydrogens (tertiary/aromatic N) is 2. The molecule has 1 N–H and O–H groups in total. The first-order valence-corrected chi connectivity index (χ1v) is 11.3. The lowest BCUT2D eigenvalue weighted by Crippen LogP contribution is -2.47. The molecule has 1 aliphatic heterocycles. The molecular weight excluding hydrogens is 426 g/mol. The van der Waals surface area contributed by atoms with Crippen molar-refractivity contribution in [2.75, 3.05) is 45.7 Å². The van der Waals surface area contributed by atoms with Crippen LogP contribution in [0.15, 0.2) is 78.9 Å². The average Bonchev–Trinajstić information content (AvgIpc) is 2.88. The molecule has 34 heavy (non-hydrogen) atoms. The summed E-state index contributed by atoms with van der Waals surface area (Å²) in [6.45, 7) is 3.07. The number of amides is 2. The number of carbonyl (C=O) groups excluding carboxylic acids is 2. The SMILES string of the molecule is COc1ccc(C(=O)N2CCN(C)CC2)cc1NC(=O)/C=C/c1cccc(-c2ccccc2)c1. The van der Waals surface area contributed by atoms with Gasteiger partial charge in [-0.3, -0.25) is 9.59 Å². The zero-order valence-corrected chi connectivity index (χ0v) is 19.5. The van der Waals surface area contributed by atoms with Crippen molar-refractivity contribution in [1.82, 2.24) is 9.80 Å². The minimum Gasteiger partial charge on any atom is -0.495 e. The zero-order chi connectivity index (χ0) is 23.9. The minimum absolute atomic E-state index is 0.0421. The van der Waals surface area contributed by atoms with Gasteiger partial charge in [-0.2, -0.15) is 0 Å². The summed E-state index contributed by atoms with van der Waals surface area (Å²) in [7, 11) is 3.59. The lowest BCUT2D eigenvalue weighted by Gasteiger charge is -2.32. The molecule has 4 rings (SSSR count). The quantitative estimate of drug-likeness (QED) is 0.560. The number of nitrogens with one attached hydrogen (secondary N) is 1. The van der Waals surface area contributed by atoms with Crippen LogP contribution in [0.1, 0.15) is 15.9 Å². The molecule has 3 aromatic rings. The highest BCUT2D eigenvalue weighted by molar-refractivity contribution is 6.04. The van der Waals surface area contributed by atoms with Crippen LogP contribution in [0.2, 0.25) is 0 Å². The molecule has 0 unspecified atom stereocenters. The third-order valence-electron chi connectivity index (χ3n) is 5.92. The largest absolute Gasteiger partial charge is 0.495 e. The molecule has 3 aromatic carbocycles. The van der Waals surface area contributed by atoms with Gasteiger partial charge in [-0.15, -0.1) is 0 Å². The van der Waals surface area contributed by atoms with Crippen molar-refractivity contribution in [2.24, 2.45) is 0 Å².